The molecule has 1 atom stereocenters. The quantitative estimate of drug-likeness (QED) is 0.287. The van der Waals surface area contributed by atoms with Crippen molar-refractivity contribution >= 4 is 5.97 Å². The van der Waals surface area contributed by atoms with Crippen LogP contribution in [0.3, 0.4) is 0 Å². The maximum Gasteiger partial charge on any atom is 0.333 e. The van der Waals surface area contributed by atoms with Crippen molar-refractivity contribution in [3.63, 3.8) is 0 Å². The van der Waals surface area contributed by atoms with E-state index in [1.54, 1.807) is 6.08 Å². The molecule has 0 N–H and O–H groups in total. The third-order valence-electron chi connectivity index (χ3n) is 3.04. The molecule has 20 heavy (non-hydrogen) atoms. The Hall–Kier alpha value is -1.35. The number of allylic oxidation sites excluding steroid dienone is 5. The molecule has 1 fully saturated rings. The zero-order valence-corrected chi connectivity index (χ0v) is 13.1. The van der Waals surface area contributed by atoms with Gasteiger partial charge in [-0.25, -0.2) is 4.79 Å². The Balaban J connectivity index is 2.21. The Morgan fingerprint density at radius 1 is 1.10 bits per heavy atom. The van der Waals surface area contributed by atoms with Crippen LogP contribution in [0.15, 0.2) is 34.9 Å². The highest BCUT2D eigenvalue weighted by molar-refractivity contribution is 5.82. The van der Waals surface area contributed by atoms with Crippen molar-refractivity contribution in [2.45, 2.75) is 59.7 Å². The fraction of sp³-hybridized carbons (Fsp3) is 0.588. The first kappa shape index (κ1) is 16.7. The van der Waals surface area contributed by atoms with Crippen LogP contribution in [-0.4, -0.2) is 18.9 Å². The van der Waals surface area contributed by atoms with E-state index in [0.717, 1.165) is 31.3 Å². The summed E-state index contributed by atoms with van der Waals surface area (Å²) in [5.41, 5.74) is 3.82. The first-order chi connectivity index (χ1) is 9.47. The molecular weight excluding hydrogens is 252 g/mol. The Morgan fingerprint density at radius 2 is 1.70 bits per heavy atom. The monoisotopic (exact) mass is 278 g/mol. The highest BCUT2D eigenvalue weighted by Crippen LogP contribution is 2.13. The van der Waals surface area contributed by atoms with Crippen LogP contribution in [0, 0.1) is 0 Å². The summed E-state index contributed by atoms with van der Waals surface area (Å²) >= 11 is 0. The number of epoxide rings is 1. The highest BCUT2D eigenvalue weighted by Gasteiger charge is 2.26. The smallest absolute Gasteiger partial charge is 0.333 e. The summed E-state index contributed by atoms with van der Waals surface area (Å²) in [5.74, 6) is -0.297. The molecule has 0 aliphatic carbocycles. The van der Waals surface area contributed by atoms with E-state index in [1.807, 2.05) is 6.92 Å². The minimum atomic E-state index is -0.302. The predicted molar refractivity (Wildman–Crippen MR) is 81.2 cm³/mol. The molecule has 3 nitrogen and oxygen atoms in total. The predicted octanol–water partition coefficient (Wildman–Crippen LogP) is 4.31. The van der Waals surface area contributed by atoms with Crippen molar-refractivity contribution in [3.05, 3.63) is 34.9 Å². The van der Waals surface area contributed by atoms with Crippen molar-refractivity contribution in [2.24, 2.45) is 0 Å². The van der Waals surface area contributed by atoms with Crippen molar-refractivity contribution in [3.8, 4) is 0 Å². The third kappa shape index (κ3) is 8.70. The van der Waals surface area contributed by atoms with Crippen LogP contribution in [0.5, 0.6) is 0 Å². The average Bonchev–Trinajstić information content (AvgIpc) is 3.11. The molecule has 1 saturated heterocycles. The number of hydrogen-bond donors (Lipinski definition) is 0. The van der Waals surface area contributed by atoms with Crippen molar-refractivity contribution < 1.29 is 14.3 Å². The second-order valence-electron chi connectivity index (χ2n) is 5.60. The molecule has 3 heteroatoms. The van der Waals surface area contributed by atoms with Gasteiger partial charge in [-0.05, 0) is 53.4 Å². The van der Waals surface area contributed by atoms with E-state index in [2.05, 4.69) is 32.9 Å². The SMILES string of the molecule is CC(C)=CCCC(C)=CCCC(C)=CC(=O)OC1CO1. The molecule has 1 rings (SSSR count). The minimum Gasteiger partial charge on any atom is -0.430 e. The van der Waals surface area contributed by atoms with Gasteiger partial charge < -0.3 is 9.47 Å². The molecule has 1 aliphatic heterocycles. The molecule has 0 radical (unpaired) electrons. The van der Waals surface area contributed by atoms with Crippen LogP contribution in [0.25, 0.3) is 0 Å². The van der Waals surface area contributed by atoms with Crippen LogP contribution in [-0.2, 0) is 14.3 Å². The Labute approximate surface area is 122 Å². The van der Waals surface area contributed by atoms with Crippen LogP contribution in [0.2, 0.25) is 0 Å². The average molecular weight is 278 g/mol. The first-order valence-electron chi connectivity index (χ1n) is 7.25. The maximum absolute atomic E-state index is 11.4. The lowest BCUT2D eigenvalue weighted by Gasteiger charge is -2.01. The summed E-state index contributed by atoms with van der Waals surface area (Å²) in [6, 6.07) is 0. The second kappa shape index (κ2) is 8.75. The molecule has 0 saturated carbocycles. The van der Waals surface area contributed by atoms with E-state index in [-0.39, 0.29) is 12.3 Å². The molecule has 1 heterocycles. The Bertz CT molecular complexity index is 408. The van der Waals surface area contributed by atoms with E-state index in [9.17, 15) is 4.79 Å². The summed E-state index contributed by atoms with van der Waals surface area (Å²) in [6.45, 7) is 8.90. The summed E-state index contributed by atoms with van der Waals surface area (Å²) in [4.78, 5) is 11.4. The van der Waals surface area contributed by atoms with Gasteiger partial charge in [-0.3, -0.25) is 0 Å². The van der Waals surface area contributed by atoms with Gasteiger partial charge in [-0.2, -0.15) is 0 Å². The van der Waals surface area contributed by atoms with Gasteiger partial charge in [0.15, 0.2) is 0 Å². The zero-order valence-electron chi connectivity index (χ0n) is 13.1. The van der Waals surface area contributed by atoms with Gasteiger partial charge >= 0.3 is 5.97 Å². The van der Waals surface area contributed by atoms with Crippen molar-refractivity contribution in [1.82, 2.24) is 0 Å². The first-order valence-corrected chi connectivity index (χ1v) is 7.25. The number of rotatable bonds is 8. The number of ether oxygens (including phenoxy) is 2. The molecule has 1 aliphatic rings. The Morgan fingerprint density at radius 3 is 2.30 bits per heavy atom. The van der Waals surface area contributed by atoms with E-state index >= 15 is 0 Å². The van der Waals surface area contributed by atoms with E-state index in [1.165, 1.54) is 11.1 Å². The molecule has 0 aromatic heterocycles. The van der Waals surface area contributed by atoms with Crippen LogP contribution >= 0.6 is 0 Å². The van der Waals surface area contributed by atoms with Gasteiger partial charge in [0.05, 0.1) is 0 Å². The number of esters is 1. The number of carbonyl (C=O) groups is 1. The van der Waals surface area contributed by atoms with Crippen LogP contribution in [0.4, 0.5) is 0 Å². The second-order valence-corrected chi connectivity index (χ2v) is 5.60. The zero-order chi connectivity index (χ0) is 15.0. The molecule has 1 unspecified atom stereocenters. The third-order valence-corrected chi connectivity index (χ3v) is 3.04. The van der Waals surface area contributed by atoms with E-state index in [4.69, 9.17) is 9.47 Å². The molecule has 0 bridgehead atoms. The molecule has 0 aromatic rings. The van der Waals surface area contributed by atoms with Gasteiger partial charge in [0.2, 0.25) is 6.29 Å². The molecule has 0 spiro atoms. The fourth-order valence-corrected chi connectivity index (χ4v) is 1.78. The van der Waals surface area contributed by atoms with E-state index < -0.39 is 0 Å². The van der Waals surface area contributed by atoms with E-state index in [0.29, 0.717) is 6.61 Å². The topological polar surface area (TPSA) is 38.8 Å². The lowest BCUT2D eigenvalue weighted by molar-refractivity contribution is -0.142. The Kier molecular flexibility index (Phi) is 7.31. The van der Waals surface area contributed by atoms with Crippen LogP contribution in [0.1, 0.15) is 53.4 Å². The van der Waals surface area contributed by atoms with Gasteiger partial charge in [0.25, 0.3) is 0 Å². The van der Waals surface area contributed by atoms with Crippen molar-refractivity contribution in [1.29, 1.82) is 0 Å². The molecule has 112 valence electrons. The molecule has 0 aromatic carbocycles. The maximum atomic E-state index is 11.4. The molecular formula is C17H26O3. The summed E-state index contributed by atoms with van der Waals surface area (Å²) in [7, 11) is 0. The van der Waals surface area contributed by atoms with Gasteiger partial charge in [-0.15, -0.1) is 0 Å². The minimum absolute atomic E-state index is 0.297. The lowest BCUT2D eigenvalue weighted by atomic mass is 10.1. The fourth-order valence-electron chi connectivity index (χ4n) is 1.78. The molecule has 0 amide bonds. The van der Waals surface area contributed by atoms with Gasteiger partial charge in [0.1, 0.15) is 6.61 Å². The largest absolute Gasteiger partial charge is 0.430 e. The van der Waals surface area contributed by atoms with Crippen molar-refractivity contribution in [2.75, 3.05) is 6.61 Å². The summed E-state index contributed by atoms with van der Waals surface area (Å²) in [5, 5.41) is 0. The number of hydrogen-bond acceptors (Lipinski definition) is 3. The summed E-state index contributed by atoms with van der Waals surface area (Å²) < 4.78 is 9.82. The standard InChI is InChI=1S/C17H26O3/c1-13(2)7-5-8-14(3)9-6-10-15(4)11-16(18)20-17-12-19-17/h7,9,11,17H,5-6,8,10,12H2,1-4H3. The summed E-state index contributed by atoms with van der Waals surface area (Å²) in [6.07, 6.45) is 9.85. The number of carbonyl (C=O) groups excluding carboxylic acids is 1. The van der Waals surface area contributed by atoms with Gasteiger partial charge in [-0.1, -0.05) is 28.9 Å². The van der Waals surface area contributed by atoms with Crippen LogP contribution < -0.4 is 0 Å². The van der Waals surface area contributed by atoms with Gasteiger partial charge in [0, 0.05) is 6.08 Å². The highest BCUT2D eigenvalue weighted by atomic mass is 16.8. The lowest BCUT2D eigenvalue weighted by Crippen LogP contribution is -2.04. The normalized spacial score (nSPS) is 18.7.